The third-order valence-corrected chi connectivity index (χ3v) is 9.17. The molecular weight excluding hydrogens is 472 g/mol. The van der Waals surface area contributed by atoms with Gasteiger partial charge in [-0.3, -0.25) is 14.5 Å². The number of amides is 2. The molecule has 0 bridgehead atoms. The Bertz CT molecular complexity index is 1260. The number of carbonyl (C=O) groups excluding carboxylic acids is 2. The molecule has 1 saturated heterocycles. The van der Waals surface area contributed by atoms with Crippen LogP contribution in [0.25, 0.3) is 11.0 Å². The van der Waals surface area contributed by atoms with Crippen molar-refractivity contribution in [2.75, 3.05) is 18.6 Å². The van der Waals surface area contributed by atoms with Crippen molar-refractivity contribution in [1.29, 1.82) is 0 Å². The molecule has 2 aromatic rings. The lowest BCUT2D eigenvalue weighted by molar-refractivity contribution is -0.143. The molecule has 2 amide bonds. The molecule has 1 N–H and O–H groups in total. The van der Waals surface area contributed by atoms with Crippen molar-refractivity contribution in [2.24, 2.45) is 5.92 Å². The number of methoxy groups -OCH3 is 1. The molecular formula is C28H36N4O5. The standard InChI is InChI=1S/C28H36N4O5/c1-17-9-10-20-21(31(17)27(36)37-2)11-12-22-24(20)29-26(28(13-14-28)30-15-4-3-8-23(30)33)32(22)19-7-5-6-18(16-19)25(34)35/h11-12,17-19H,3-10,13-16H2,1-2H3,(H,34,35)/t17-,18+,19+/m0/s1. The quantitative estimate of drug-likeness (QED) is 0.638. The van der Waals surface area contributed by atoms with E-state index >= 15 is 0 Å². The van der Waals surface area contributed by atoms with Crippen molar-refractivity contribution in [2.45, 2.75) is 95.2 Å². The van der Waals surface area contributed by atoms with Gasteiger partial charge in [0, 0.05) is 30.6 Å². The van der Waals surface area contributed by atoms with Crippen LogP contribution in [0.1, 0.15) is 88.6 Å². The Balaban J connectivity index is 1.53. The Morgan fingerprint density at radius 3 is 2.62 bits per heavy atom. The van der Waals surface area contributed by atoms with Crippen molar-refractivity contribution in [1.82, 2.24) is 14.5 Å². The number of nitrogens with zero attached hydrogens (tertiary/aromatic N) is 4. The maximum absolute atomic E-state index is 13.1. The van der Waals surface area contributed by atoms with E-state index in [-0.39, 0.29) is 30.0 Å². The third kappa shape index (κ3) is 3.80. The van der Waals surface area contributed by atoms with Gasteiger partial charge in [-0.25, -0.2) is 9.78 Å². The Morgan fingerprint density at radius 1 is 1.11 bits per heavy atom. The Hall–Kier alpha value is -3.10. The number of benzene rings is 1. The lowest BCUT2D eigenvalue weighted by atomic mass is 9.85. The van der Waals surface area contributed by atoms with Gasteiger partial charge in [0.05, 0.1) is 29.7 Å². The highest BCUT2D eigenvalue weighted by molar-refractivity contribution is 5.95. The lowest BCUT2D eigenvalue weighted by Crippen LogP contribution is -2.45. The van der Waals surface area contributed by atoms with Gasteiger partial charge in [0.25, 0.3) is 0 Å². The van der Waals surface area contributed by atoms with Crippen LogP contribution in [0.2, 0.25) is 0 Å². The van der Waals surface area contributed by atoms with E-state index in [2.05, 4.69) is 9.47 Å². The molecule has 3 fully saturated rings. The molecule has 1 aromatic heterocycles. The van der Waals surface area contributed by atoms with E-state index in [1.165, 1.54) is 7.11 Å². The topological polar surface area (TPSA) is 105 Å². The number of piperidine rings is 1. The average Bonchev–Trinajstić information content (AvgIpc) is 3.61. The van der Waals surface area contributed by atoms with Gasteiger partial charge in [-0.15, -0.1) is 0 Å². The monoisotopic (exact) mass is 508 g/mol. The highest BCUT2D eigenvalue weighted by Crippen LogP contribution is 2.54. The summed E-state index contributed by atoms with van der Waals surface area (Å²) in [7, 11) is 1.41. The van der Waals surface area contributed by atoms with Crippen LogP contribution in [0.15, 0.2) is 12.1 Å². The number of rotatable bonds is 4. The van der Waals surface area contributed by atoms with E-state index < -0.39 is 11.5 Å². The van der Waals surface area contributed by atoms with E-state index in [1.807, 2.05) is 19.1 Å². The van der Waals surface area contributed by atoms with Crippen molar-refractivity contribution in [3.63, 3.8) is 0 Å². The van der Waals surface area contributed by atoms with Gasteiger partial charge in [0.1, 0.15) is 11.4 Å². The number of aromatic nitrogens is 2. The van der Waals surface area contributed by atoms with Crippen molar-refractivity contribution in [3.8, 4) is 0 Å². The van der Waals surface area contributed by atoms with E-state index in [1.54, 1.807) is 4.90 Å². The second-order valence-corrected chi connectivity index (χ2v) is 11.4. The van der Waals surface area contributed by atoms with Gasteiger partial charge in [0.15, 0.2) is 0 Å². The summed E-state index contributed by atoms with van der Waals surface area (Å²) >= 11 is 0. The number of anilines is 1. The Kier molecular flexibility index (Phi) is 5.92. The van der Waals surface area contributed by atoms with Crippen LogP contribution < -0.4 is 4.90 Å². The van der Waals surface area contributed by atoms with E-state index in [0.717, 1.165) is 86.0 Å². The minimum absolute atomic E-state index is 0.0180. The van der Waals surface area contributed by atoms with E-state index in [9.17, 15) is 19.5 Å². The van der Waals surface area contributed by atoms with Crippen molar-refractivity contribution >= 4 is 34.7 Å². The van der Waals surface area contributed by atoms with Crippen molar-refractivity contribution in [3.05, 3.63) is 23.5 Å². The molecule has 2 aliphatic heterocycles. The molecule has 3 atom stereocenters. The molecule has 0 radical (unpaired) electrons. The smallest absolute Gasteiger partial charge is 0.414 e. The fourth-order valence-corrected chi connectivity index (χ4v) is 7.09. The van der Waals surface area contributed by atoms with Crippen LogP contribution in [0, 0.1) is 5.92 Å². The molecule has 9 nitrogen and oxygen atoms in total. The van der Waals surface area contributed by atoms with Crippen LogP contribution in [-0.4, -0.2) is 57.2 Å². The van der Waals surface area contributed by atoms with Crippen LogP contribution >= 0.6 is 0 Å². The minimum atomic E-state index is -0.733. The first-order valence-electron chi connectivity index (χ1n) is 13.8. The summed E-state index contributed by atoms with van der Waals surface area (Å²) in [5, 5.41) is 9.81. The molecule has 3 heterocycles. The number of likely N-dealkylation sites (tertiary alicyclic amines) is 1. The second-order valence-electron chi connectivity index (χ2n) is 11.4. The van der Waals surface area contributed by atoms with Crippen LogP contribution in [0.5, 0.6) is 0 Å². The predicted octanol–water partition coefficient (Wildman–Crippen LogP) is 4.76. The number of imidazole rings is 1. The third-order valence-electron chi connectivity index (χ3n) is 9.17. The van der Waals surface area contributed by atoms with Gasteiger partial charge in [-0.1, -0.05) is 6.42 Å². The zero-order valence-corrected chi connectivity index (χ0v) is 21.7. The first-order valence-corrected chi connectivity index (χ1v) is 13.8. The molecule has 198 valence electrons. The molecule has 2 saturated carbocycles. The highest BCUT2D eigenvalue weighted by Gasteiger charge is 2.56. The first kappa shape index (κ1) is 24.2. The number of carboxylic acid groups (broad SMARTS) is 1. The maximum Gasteiger partial charge on any atom is 0.414 e. The number of carboxylic acids is 1. The van der Waals surface area contributed by atoms with Gasteiger partial charge in [-0.05, 0) is 76.8 Å². The fraction of sp³-hybridized carbons (Fsp3) is 0.643. The summed E-state index contributed by atoms with van der Waals surface area (Å²) in [5.74, 6) is -0.000206. The van der Waals surface area contributed by atoms with Gasteiger partial charge in [0.2, 0.25) is 5.91 Å². The Labute approximate surface area is 216 Å². The molecule has 37 heavy (non-hydrogen) atoms. The summed E-state index contributed by atoms with van der Waals surface area (Å²) in [6.45, 7) is 2.78. The molecule has 4 aliphatic rings. The van der Waals surface area contributed by atoms with Gasteiger partial charge < -0.3 is 19.3 Å². The zero-order chi connectivity index (χ0) is 25.9. The van der Waals surface area contributed by atoms with Crippen LogP contribution in [-0.2, 0) is 26.3 Å². The lowest BCUT2D eigenvalue weighted by Gasteiger charge is -2.37. The maximum atomic E-state index is 13.1. The number of fused-ring (bicyclic) bond motifs is 3. The summed E-state index contributed by atoms with van der Waals surface area (Å²) in [5.41, 5.74) is 3.32. The summed E-state index contributed by atoms with van der Waals surface area (Å²) in [6, 6.07) is 4.07. The zero-order valence-electron chi connectivity index (χ0n) is 21.7. The molecule has 0 spiro atoms. The average molecular weight is 509 g/mol. The predicted molar refractivity (Wildman–Crippen MR) is 138 cm³/mol. The number of hydrogen-bond acceptors (Lipinski definition) is 5. The van der Waals surface area contributed by atoms with Crippen molar-refractivity contribution < 1.29 is 24.2 Å². The molecule has 1 aromatic carbocycles. The minimum Gasteiger partial charge on any atom is -0.481 e. The molecule has 6 rings (SSSR count). The number of ether oxygens (including phenoxy) is 1. The summed E-state index contributed by atoms with van der Waals surface area (Å²) in [6.07, 6.45) is 8.53. The normalized spacial score (nSPS) is 27.2. The van der Waals surface area contributed by atoms with Gasteiger partial charge in [-0.2, -0.15) is 0 Å². The first-order chi connectivity index (χ1) is 17.9. The van der Waals surface area contributed by atoms with Crippen LogP contribution in [0.4, 0.5) is 10.5 Å². The fourth-order valence-electron chi connectivity index (χ4n) is 7.09. The van der Waals surface area contributed by atoms with Crippen LogP contribution in [0.3, 0.4) is 0 Å². The highest BCUT2D eigenvalue weighted by atomic mass is 16.5. The summed E-state index contributed by atoms with van der Waals surface area (Å²) in [4.78, 5) is 46.8. The van der Waals surface area contributed by atoms with E-state index in [4.69, 9.17) is 9.72 Å². The number of carbonyl (C=O) groups is 3. The SMILES string of the molecule is COC(=O)N1c2ccc3c(nc(C4(N5CCCCC5=O)CC4)n3[C@@H]3CCC[C@@H](C(=O)O)C3)c2CC[C@@H]1C. The molecule has 9 heteroatoms. The molecule has 0 unspecified atom stereocenters. The second kappa shape index (κ2) is 9.03. The number of hydrogen-bond donors (Lipinski definition) is 1. The number of aliphatic carboxylic acids is 1. The van der Waals surface area contributed by atoms with Gasteiger partial charge >= 0.3 is 12.1 Å². The Morgan fingerprint density at radius 2 is 1.92 bits per heavy atom. The largest absolute Gasteiger partial charge is 0.481 e. The number of aryl methyl sites for hydroxylation is 1. The summed E-state index contributed by atoms with van der Waals surface area (Å²) < 4.78 is 7.40. The van der Waals surface area contributed by atoms with E-state index in [0.29, 0.717) is 19.3 Å². The molecule has 2 aliphatic carbocycles.